The summed E-state index contributed by atoms with van der Waals surface area (Å²) in [6.07, 6.45) is -32.4. The number of fused-ring (bicyclic) bond motifs is 4. The van der Waals surface area contributed by atoms with Crippen LogP contribution in [0.25, 0.3) is 43.9 Å². The molecule has 4 saturated heterocycles. The fourth-order valence-electron chi connectivity index (χ4n) is 13.7. The van der Waals surface area contributed by atoms with Crippen LogP contribution in [-0.4, -0.2) is 244 Å². The lowest BCUT2D eigenvalue weighted by atomic mass is 10.1. The molecule has 670 valence electrons. The first-order valence-corrected chi connectivity index (χ1v) is 36.3. The summed E-state index contributed by atoms with van der Waals surface area (Å²) < 4.78 is 178. The van der Waals surface area contributed by atoms with Gasteiger partial charge in [0.1, 0.15) is 113 Å². The Balaban J connectivity index is 0.000000143. The second-order valence-corrected chi connectivity index (χ2v) is 27.6. The van der Waals surface area contributed by atoms with Gasteiger partial charge >= 0.3 is 41.8 Å². The largest absolute Gasteiger partial charge is 0.573 e. The fraction of sp³-hybridized carbons (Fsp3) is 0.389. The number of methoxy groups -OCH3 is 1. The Morgan fingerprint density at radius 1 is 0.352 bits per heavy atom. The van der Waals surface area contributed by atoms with Gasteiger partial charge in [0.25, 0.3) is 22.2 Å². The minimum Gasteiger partial charge on any atom is -0.497 e. The number of ether oxygens (including phenoxy) is 8. The maximum Gasteiger partial charge on any atom is 0.573 e. The van der Waals surface area contributed by atoms with E-state index in [-0.39, 0.29) is 56.5 Å². The van der Waals surface area contributed by atoms with Gasteiger partial charge in [-0.1, -0.05) is 32.8 Å². The van der Waals surface area contributed by atoms with Crippen LogP contribution in [0, 0.1) is 0 Å². The number of nitrogens with zero attached hydrogens (tertiary/aromatic N) is 12. The highest BCUT2D eigenvalue weighted by Crippen LogP contribution is 2.38. The third-order valence-electron chi connectivity index (χ3n) is 19.8. The number of para-hydroxylation sites is 1. The third-order valence-corrected chi connectivity index (χ3v) is 19.8. The third kappa shape index (κ3) is 18.8. The van der Waals surface area contributed by atoms with E-state index in [1.807, 2.05) is 0 Å². The Morgan fingerprint density at radius 2 is 0.696 bits per heavy atom. The number of hydrogen-bond acceptors (Lipinski definition) is 36. The van der Waals surface area contributed by atoms with E-state index in [0.717, 1.165) is 94.5 Å². The normalized spacial score (nSPS) is 23.8. The van der Waals surface area contributed by atoms with Gasteiger partial charge in [-0.3, -0.25) is 55.7 Å². The Bertz CT molecular complexity index is 6430. The molecule has 0 radical (unpaired) electrons. The Labute approximate surface area is 683 Å². The molecule has 12 heterocycles. The number of aliphatic hydroxyl groups excluding tert-OH is 12. The molecule has 16 rings (SSSR count). The zero-order valence-corrected chi connectivity index (χ0v) is 63.2. The van der Waals surface area contributed by atoms with E-state index in [9.17, 15) is 139 Å². The van der Waals surface area contributed by atoms with E-state index in [4.69, 9.17) is 41.8 Å². The van der Waals surface area contributed by atoms with E-state index < -0.39 is 226 Å². The standard InChI is InChI=1S/3C18H16F3N3O8.C18H19N3O8/c19-18(20,21)31-8-1-2-9-10(22-32-11(9)5-8)6-24-13(26)3-4-23(17(24)29)16-15(28)14(27)12(7-25)30-16;19-18(20,21)31-9-2-1-3-10-13(9)8(22-32-10)6-24-12(26)4-5-23(17(24)29)16-15(28)14(27)11(7-25)30-16;19-18(20,21)31-10-3-1-2-8-9(22-32-15(8)10)6-24-12(26)4-5-23(17(24)29)16-14(28)13(27)11(7-25)30-16;1-27-9-2-3-12-10(6-9)11(19-29-12)7-21-14(23)4-5-20(18(21)26)17-16(25)15(24)13(8-22)28-17/h1-5,12,14-16,25,27-28H,6-7H2;1-5,11,14-16,25,27-28H,6-7H2;1-5,11,13-14,16,25,27-28H,6-7H2;2-6,13,15-17,22,24-25H,7-8H2,1H3/t12-,14+,15?,16-;11-,14+,15?,16-;11-,13+,14?,16-;13-,15+,16?,17-/m1111/s1. The quantitative estimate of drug-likeness (QED) is 0.0365. The van der Waals surface area contributed by atoms with Crippen LogP contribution in [0.1, 0.15) is 47.7 Å². The van der Waals surface area contributed by atoms with Gasteiger partial charge in [-0.15, -0.1) is 39.5 Å². The molecule has 125 heavy (non-hydrogen) atoms. The van der Waals surface area contributed by atoms with Crippen molar-refractivity contribution < 1.29 is 157 Å². The highest BCUT2D eigenvalue weighted by Gasteiger charge is 2.48. The summed E-state index contributed by atoms with van der Waals surface area (Å²) >= 11 is 0. The molecule has 4 aromatic carbocycles. The van der Waals surface area contributed by atoms with Crippen molar-refractivity contribution in [3.63, 3.8) is 0 Å². The molecule has 4 unspecified atom stereocenters. The van der Waals surface area contributed by atoms with Crippen molar-refractivity contribution in [3.8, 4) is 23.0 Å². The van der Waals surface area contributed by atoms with Crippen molar-refractivity contribution in [2.24, 2.45) is 0 Å². The monoisotopic (exact) mass is 1780 g/mol. The summed E-state index contributed by atoms with van der Waals surface area (Å²) in [5.74, 6) is -1.24. The summed E-state index contributed by atoms with van der Waals surface area (Å²) in [5.41, 5.74) is -6.30. The highest BCUT2D eigenvalue weighted by atomic mass is 19.4. The number of halogens is 9. The van der Waals surface area contributed by atoms with Crippen LogP contribution in [-0.2, 0) is 45.1 Å². The molecule has 4 fully saturated rings. The molecule has 0 aliphatic carbocycles. The number of alkyl halides is 9. The number of aliphatic hydroxyl groups is 12. The lowest BCUT2D eigenvalue weighted by Crippen LogP contribution is -2.43. The van der Waals surface area contributed by atoms with Gasteiger partial charge in [-0.2, -0.15) is 0 Å². The van der Waals surface area contributed by atoms with Crippen LogP contribution in [0.5, 0.6) is 23.0 Å². The van der Waals surface area contributed by atoms with Crippen LogP contribution >= 0.6 is 0 Å². The first-order chi connectivity index (χ1) is 59.2. The van der Waals surface area contributed by atoms with Crippen LogP contribution < -0.4 is 63.9 Å². The highest BCUT2D eigenvalue weighted by molar-refractivity contribution is 5.87. The molecule has 0 saturated carbocycles. The Kier molecular flexibility index (Phi) is 26.2. The smallest absolute Gasteiger partial charge is 0.497 e. The molecule has 0 bridgehead atoms. The van der Waals surface area contributed by atoms with E-state index >= 15 is 0 Å². The molecule has 4 aliphatic heterocycles. The molecule has 4 aliphatic rings. The molecule has 44 nitrogen and oxygen atoms in total. The minimum absolute atomic E-state index is 0.0225. The maximum absolute atomic E-state index is 12.9. The van der Waals surface area contributed by atoms with Crippen molar-refractivity contribution in [3.05, 3.63) is 228 Å². The number of rotatable bonds is 20. The molecule has 53 heteroatoms. The average Bonchev–Trinajstić information content (AvgIpc) is 1.67. The summed E-state index contributed by atoms with van der Waals surface area (Å²) in [6, 6.07) is 19.7. The summed E-state index contributed by atoms with van der Waals surface area (Å²) in [7, 11) is 1.51. The average molecular weight is 1780 g/mol. The van der Waals surface area contributed by atoms with Gasteiger partial charge in [0.05, 0.1) is 75.9 Å². The van der Waals surface area contributed by atoms with Crippen LogP contribution in [0.2, 0.25) is 0 Å². The summed E-state index contributed by atoms with van der Waals surface area (Å²) in [5, 5.41) is 133. The molecule has 16 atom stereocenters. The second kappa shape index (κ2) is 36.3. The van der Waals surface area contributed by atoms with Gasteiger partial charge in [0.2, 0.25) is 5.58 Å². The second-order valence-electron chi connectivity index (χ2n) is 27.6. The number of benzene rings is 4. The fourth-order valence-corrected chi connectivity index (χ4v) is 13.7. The van der Waals surface area contributed by atoms with Gasteiger partial charge in [0.15, 0.2) is 47.4 Å². The van der Waals surface area contributed by atoms with Crippen LogP contribution in [0.3, 0.4) is 0 Å². The summed E-state index contributed by atoms with van der Waals surface area (Å²) in [6.45, 7) is -4.03. The molecule has 12 N–H and O–H groups in total. The van der Waals surface area contributed by atoms with E-state index in [1.54, 1.807) is 18.2 Å². The number of hydrogen-bond donors (Lipinski definition) is 12. The van der Waals surface area contributed by atoms with Gasteiger partial charge in [-0.25, -0.2) is 19.2 Å². The zero-order chi connectivity index (χ0) is 90.3. The molecule has 0 amide bonds. The zero-order valence-electron chi connectivity index (χ0n) is 63.2. The topological polar surface area (TPSA) is 597 Å². The van der Waals surface area contributed by atoms with Crippen LogP contribution in [0.4, 0.5) is 39.5 Å². The van der Waals surface area contributed by atoms with Crippen molar-refractivity contribution in [2.75, 3.05) is 33.5 Å². The van der Waals surface area contributed by atoms with Crippen molar-refractivity contribution in [1.82, 2.24) is 57.2 Å². The minimum atomic E-state index is -5.00. The first-order valence-electron chi connectivity index (χ1n) is 36.3. The van der Waals surface area contributed by atoms with Gasteiger partial charge in [-0.05, 0) is 54.6 Å². The molecule has 8 aromatic heterocycles. The molecule has 12 aromatic rings. The summed E-state index contributed by atoms with van der Waals surface area (Å²) in [4.78, 5) is 101. The maximum atomic E-state index is 12.9. The van der Waals surface area contributed by atoms with Gasteiger partial charge < -0.3 is 117 Å². The van der Waals surface area contributed by atoms with Crippen molar-refractivity contribution in [2.45, 2.75) is 143 Å². The number of aromatic nitrogens is 12. The van der Waals surface area contributed by atoms with Crippen molar-refractivity contribution >= 4 is 43.9 Å². The molecule has 0 spiro atoms. The van der Waals surface area contributed by atoms with Crippen molar-refractivity contribution in [1.29, 1.82) is 0 Å². The van der Waals surface area contributed by atoms with E-state index in [0.29, 0.717) is 31.5 Å². The van der Waals surface area contributed by atoms with Gasteiger partial charge in [0, 0.05) is 60.5 Å². The lowest BCUT2D eigenvalue weighted by Gasteiger charge is -2.18. The van der Waals surface area contributed by atoms with E-state index in [1.165, 1.54) is 43.6 Å². The van der Waals surface area contributed by atoms with Crippen LogP contribution in [0.15, 0.2) is 178 Å². The Morgan fingerprint density at radius 3 is 1.10 bits per heavy atom. The molecular formula is C72H67F9N12O32. The van der Waals surface area contributed by atoms with E-state index in [2.05, 4.69) is 34.8 Å². The molecular weight excluding hydrogens is 1720 g/mol. The predicted octanol–water partition coefficient (Wildman–Crippen LogP) is -2.05. The predicted molar refractivity (Wildman–Crippen MR) is 391 cm³/mol. The SMILES string of the molecule is COc1ccc2onc(Cn3c(=O)ccn([C@@H]4O[C@H](CO)[C@H](O)C4O)c3=O)c2c1.O=c1ccn([C@@H]2O[C@H](CO)[C@H](O)C2O)c(=O)n1Cc1noc2c(OC(F)(F)F)cccc12.O=c1ccn([C@@H]2O[C@H](CO)[C@H](O)C2O)c(=O)n1Cc1noc2cc(OC(F)(F)F)ccc12.O=c1ccn([C@@H]2O[C@H](CO)[C@H](O)C2O)c(=O)n1Cc1noc2cccc(OC(F)(F)F)c12. The Hall–Kier alpha value is -12.6. The lowest BCUT2D eigenvalue weighted by molar-refractivity contribution is -0.275. The first kappa shape index (κ1) is 90.1.